The molecule has 134 valence electrons. The highest BCUT2D eigenvalue weighted by molar-refractivity contribution is 5.66. The van der Waals surface area contributed by atoms with Crippen LogP contribution in [0.25, 0.3) is 0 Å². The first-order valence-corrected chi connectivity index (χ1v) is 9.65. The number of rotatable bonds is 10. The van der Waals surface area contributed by atoms with Crippen LogP contribution in [0.5, 0.6) is 0 Å². The molecule has 1 saturated carbocycles. The van der Waals surface area contributed by atoms with Crippen LogP contribution in [0.3, 0.4) is 0 Å². The number of carboxylic acid groups (broad SMARTS) is 1. The highest BCUT2D eigenvalue weighted by Gasteiger charge is 2.17. The van der Waals surface area contributed by atoms with E-state index >= 15 is 0 Å². The molecule has 3 heteroatoms. The summed E-state index contributed by atoms with van der Waals surface area (Å²) in [5.41, 5.74) is 1.28. The smallest absolute Gasteiger partial charge is 0.303 e. The molecule has 0 aromatic heterocycles. The van der Waals surface area contributed by atoms with Crippen molar-refractivity contribution in [3.05, 3.63) is 35.9 Å². The molecule has 0 radical (unpaired) electrons. The van der Waals surface area contributed by atoms with Gasteiger partial charge in [-0.2, -0.15) is 0 Å². The summed E-state index contributed by atoms with van der Waals surface area (Å²) in [6.45, 7) is 2.25. The van der Waals surface area contributed by atoms with E-state index in [0.717, 1.165) is 12.3 Å². The second kappa shape index (κ2) is 10.5. The molecule has 2 rings (SSSR count). The number of carbonyl (C=O) groups is 1. The summed E-state index contributed by atoms with van der Waals surface area (Å²) in [7, 11) is 0. The van der Waals surface area contributed by atoms with Gasteiger partial charge < -0.3 is 10.4 Å². The van der Waals surface area contributed by atoms with Gasteiger partial charge in [-0.15, -0.1) is 0 Å². The fraction of sp³-hybridized carbons (Fsp3) is 0.667. The highest BCUT2D eigenvalue weighted by Crippen LogP contribution is 2.27. The Balaban J connectivity index is 1.80. The van der Waals surface area contributed by atoms with Gasteiger partial charge >= 0.3 is 5.97 Å². The van der Waals surface area contributed by atoms with Gasteiger partial charge in [0, 0.05) is 18.5 Å². The maximum absolute atomic E-state index is 10.9. The van der Waals surface area contributed by atoms with Crippen molar-refractivity contribution in [2.75, 3.05) is 0 Å². The van der Waals surface area contributed by atoms with Crippen LogP contribution in [0.4, 0.5) is 0 Å². The van der Waals surface area contributed by atoms with Crippen LogP contribution in [-0.4, -0.2) is 23.2 Å². The summed E-state index contributed by atoms with van der Waals surface area (Å²) in [6, 6.07) is 11.1. The van der Waals surface area contributed by atoms with E-state index in [1.807, 2.05) is 6.07 Å². The number of hydrogen-bond donors (Lipinski definition) is 2. The zero-order valence-corrected chi connectivity index (χ0v) is 15.0. The van der Waals surface area contributed by atoms with E-state index < -0.39 is 5.97 Å². The van der Waals surface area contributed by atoms with E-state index in [0.29, 0.717) is 12.5 Å². The third-order valence-corrected chi connectivity index (χ3v) is 5.28. The molecule has 0 bridgehead atoms. The summed E-state index contributed by atoms with van der Waals surface area (Å²) in [5, 5.41) is 12.7. The third-order valence-electron chi connectivity index (χ3n) is 5.28. The standard InChI is InChI=1S/C21H33NO2/c1-17(12-13-18-8-4-2-5-9-18)22-20(14-15-21(23)24)16-19-10-6-3-7-11-19/h3,6-7,10-11,17-18,20,22H,2,4-5,8-9,12-16H2,1H3,(H,23,24). The van der Waals surface area contributed by atoms with E-state index in [1.165, 1.54) is 50.5 Å². The molecule has 2 atom stereocenters. The Bertz CT molecular complexity index is 468. The fourth-order valence-electron chi connectivity index (χ4n) is 3.89. The summed E-state index contributed by atoms with van der Waals surface area (Å²) >= 11 is 0. The van der Waals surface area contributed by atoms with Gasteiger partial charge in [-0.1, -0.05) is 62.4 Å². The number of carboxylic acids is 1. The molecule has 2 unspecified atom stereocenters. The van der Waals surface area contributed by atoms with Crippen LogP contribution in [0, 0.1) is 5.92 Å². The largest absolute Gasteiger partial charge is 0.481 e. The molecule has 0 aliphatic heterocycles. The molecule has 0 amide bonds. The Kier molecular flexibility index (Phi) is 8.31. The predicted octanol–water partition coefficient (Wildman–Crippen LogP) is 4.80. The maximum atomic E-state index is 10.9. The highest BCUT2D eigenvalue weighted by atomic mass is 16.4. The second-order valence-corrected chi connectivity index (χ2v) is 7.47. The van der Waals surface area contributed by atoms with Gasteiger partial charge in [-0.3, -0.25) is 4.79 Å². The first-order chi connectivity index (χ1) is 11.6. The van der Waals surface area contributed by atoms with Crippen molar-refractivity contribution in [1.29, 1.82) is 0 Å². The lowest BCUT2D eigenvalue weighted by atomic mass is 9.85. The van der Waals surface area contributed by atoms with Gasteiger partial charge in [0.1, 0.15) is 0 Å². The molecule has 0 spiro atoms. The van der Waals surface area contributed by atoms with Crippen molar-refractivity contribution in [3.63, 3.8) is 0 Å². The average molecular weight is 332 g/mol. The summed E-state index contributed by atoms with van der Waals surface area (Å²) in [5.74, 6) is 0.208. The molecule has 0 heterocycles. The molecule has 1 fully saturated rings. The fourth-order valence-corrected chi connectivity index (χ4v) is 3.89. The van der Waals surface area contributed by atoms with E-state index in [2.05, 4.69) is 36.5 Å². The van der Waals surface area contributed by atoms with Gasteiger partial charge in [0.25, 0.3) is 0 Å². The van der Waals surface area contributed by atoms with Crippen molar-refractivity contribution in [2.24, 2.45) is 5.92 Å². The Hall–Kier alpha value is -1.35. The van der Waals surface area contributed by atoms with Gasteiger partial charge in [-0.25, -0.2) is 0 Å². The molecule has 2 N–H and O–H groups in total. The molecule has 1 aromatic carbocycles. The van der Waals surface area contributed by atoms with Gasteiger partial charge in [0.2, 0.25) is 0 Å². The molecule has 24 heavy (non-hydrogen) atoms. The topological polar surface area (TPSA) is 49.3 Å². The van der Waals surface area contributed by atoms with Crippen molar-refractivity contribution >= 4 is 5.97 Å². The van der Waals surface area contributed by atoms with Crippen molar-refractivity contribution < 1.29 is 9.90 Å². The van der Waals surface area contributed by atoms with Crippen LogP contribution in [0.2, 0.25) is 0 Å². The Morgan fingerprint density at radius 2 is 1.88 bits per heavy atom. The van der Waals surface area contributed by atoms with Gasteiger partial charge in [0.05, 0.1) is 0 Å². The molecule has 3 nitrogen and oxygen atoms in total. The SMILES string of the molecule is CC(CCC1CCCCC1)NC(CCC(=O)O)Cc1ccccc1. The monoisotopic (exact) mass is 331 g/mol. The zero-order chi connectivity index (χ0) is 17.2. The molecular weight excluding hydrogens is 298 g/mol. The van der Waals surface area contributed by atoms with Crippen molar-refractivity contribution in [1.82, 2.24) is 5.32 Å². The lowest BCUT2D eigenvalue weighted by Crippen LogP contribution is -2.38. The van der Waals surface area contributed by atoms with Crippen LogP contribution < -0.4 is 5.32 Å². The summed E-state index contributed by atoms with van der Waals surface area (Å²) in [4.78, 5) is 10.9. The normalized spacial score (nSPS) is 18.2. The van der Waals surface area contributed by atoms with Crippen LogP contribution >= 0.6 is 0 Å². The van der Waals surface area contributed by atoms with Crippen LogP contribution in [0.1, 0.15) is 70.3 Å². The molecule has 1 aliphatic rings. The zero-order valence-electron chi connectivity index (χ0n) is 15.0. The third kappa shape index (κ3) is 7.48. The van der Waals surface area contributed by atoms with E-state index in [-0.39, 0.29) is 12.5 Å². The van der Waals surface area contributed by atoms with E-state index in [4.69, 9.17) is 5.11 Å². The Morgan fingerprint density at radius 1 is 1.17 bits per heavy atom. The number of benzene rings is 1. The Morgan fingerprint density at radius 3 is 2.54 bits per heavy atom. The molecule has 0 saturated heterocycles. The van der Waals surface area contributed by atoms with Crippen molar-refractivity contribution in [2.45, 2.75) is 83.2 Å². The summed E-state index contributed by atoms with van der Waals surface area (Å²) < 4.78 is 0. The second-order valence-electron chi connectivity index (χ2n) is 7.47. The first-order valence-electron chi connectivity index (χ1n) is 9.65. The minimum Gasteiger partial charge on any atom is -0.481 e. The van der Waals surface area contributed by atoms with Crippen molar-refractivity contribution in [3.8, 4) is 0 Å². The summed E-state index contributed by atoms with van der Waals surface area (Å²) in [6.07, 6.45) is 11.4. The average Bonchev–Trinajstić information content (AvgIpc) is 2.60. The van der Waals surface area contributed by atoms with Crippen LogP contribution in [-0.2, 0) is 11.2 Å². The minimum absolute atomic E-state index is 0.236. The molecular formula is C21H33NO2. The molecule has 1 aliphatic carbocycles. The Labute approximate surface area is 146 Å². The van der Waals surface area contributed by atoms with Gasteiger partial charge in [0.15, 0.2) is 0 Å². The lowest BCUT2D eigenvalue weighted by Gasteiger charge is -2.26. The lowest BCUT2D eigenvalue weighted by molar-refractivity contribution is -0.137. The minimum atomic E-state index is -0.704. The van der Waals surface area contributed by atoms with E-state index in [9.17, 15) is 4.79 Å². The first kappa shape index (κ1) is 19.0. The van der Waals surface area contributed by atoms with Gasteiger partial charge in [-0.05, 0) is 44.1 Å². The predicted molar refractivity (Wildman–Crippen MR) is 99.2 cm³/mol. The number of aliphatic carboxylic acids is 1. The number of nitrogens with one attached hydrogen (secondary N) is 1. The molecule has 1 aromatic rings. The number of hydrogen-bond acceptors (Lipinski definition) is 2. The van der Waals surface area contributed by atoms with E-state index in [1.54, 1.807) is 0 Å². The quantitative estimate of drug-likeness (QED) is 0.647. The maximum Gasteiger partial charge on any atom is 0.303 e. The van der Waals surface area contributed by atoms with Crippen LogP contribution in [0.15, 0.2) is 30.3 Å².